The van der Waals surface area contributed by atoms with Crippen LogP contribution in [-0.4, -0.2) is 29.1 Å². The second kappa shape index (κ2) is 9.49. The third-order valence-electron chi connectivity index (χ3n) is 6.25. The molecule has 1 fully saturated rings. The molecule has 2 aliphatic rings. The summed E-state index contributed by atoms with van der Waals surface area (Å²) in [5, 5.41) is 11.3. The zero-order valence-electron chi connectivity index (χ0n) is 18.4. The zero-order chi connectivity index (χ0) is 22.8. The number of halogens is 2. The average Bonchev–Trinajstić information content (AvgIpc) is 3.67. The quantitative estimate of drug-likeness (QED) is 0.342. The Morgan fingerprint density at radius 1 is 1.24 bits per heavy atom. The third kappa shape index (κ3) is 4.87. The Hall–Kier alpha value is -2.96. The van der Waals surface area contributed by atoms with Crippen LogP contribution in [0.2, 0.25) is 5.02 Å². The van der Waals surface area contributed by atoms with Crippen LogP contribution in [0.3, 0.4) is 0 Å². The maximum atomic E-state index is 13.6. The molecule has 170 valence electrons. The van der Waals surface area contributed by atoms with Crippen molar-refractivity contribution < 1.29 is 4.39 Å². The number of nitrogens with one attached hydrogen (secondary N) is 3. The van der Waals surface area contributed by atoms with Gasteiger partial charge in [0, 0.05) is 29.2 Å². The van der Waals surface area contributed by atoms with Gasteiger partial charge in [-0.25, -0.2) is 9.37 Å². The zero-order valence-corrected chi connectivity index (χ0v) is 19.1. The molecule has 1 unspecified atom stereocenters. The standard InChI is InChI=1S/C26H27ClFN5/c1-2-4-23(17-7-8-17)31-25-20-6-3-5-19(16-11-13-29-14-12-16)24(20)32-26(33-25)30-18-9-10-22(28)21(27)15-18/h2-3,5-6,9-11,15,17,23,29H,1,4,7-8,12-14H2,(H2,30,31,32,33). The van der Waals surface area contributed by atoms with Gasteiger partial charge in [0.1, 0.15) is 11.6 Å². The Balaban J connectivity index is 1.60. The Labute approximate surface area is 198 Å². The van der Waals surface area contributed by atoms with Gasteiger partial charge in [-0.2, -0.15) is 4.98 Å². The van der Waals surface area contributed by atoms with Crippen LogP contribution < -0.4 is 16.0 Å². The monoisotopic (exact) mass is 463 g/mol. The molecule has 7 heteroatoms. The normalized spacial score (nSPS) is 16.8. The largest absolute Gasteiger partial charge is 0.366 e. The number of hydrogen-bond donors (Lipinski definition) is 3. The van der Waals surface area contributed by atoms with E-state index in [1.807, 2.05) is 6.08 Å². The van der Waals surface area contributed by atoms with Gasteiger partial charge < -0.3 is 16.0 Å². The first-order valence-electron chi connectivity index (χ1n) is 11.4. The van der Waals surface area contributed by atoms with Crippen LogP contribution in [0.15, 0.2) is 55.1 Å². The van der Waals surface area contributed by atoms with E-state index in [9.17, 15) is 4.39 Å². The summed E-state index contributed by atoms with van der Waals surface area (Å²) in [5.74, 6) is 1.42. The molecule has 0 bridgehead atoms. The van der Waals surface area contributed by atoms with E-state index in [0.29, 0.717) is 17.6 Å². The van der Waals surface area contributed by atoms with E-state index in [1.54, 1.807) is 12.1 Å². The fourth-order valence-corrected chi connectivity index (χ4v) is 4.55. The van der Waals surface area contributed by atoms with E-state index < -0.39 is 5.82 Å². The highest BCUT2D eigenvalue weighted by Crippen LogP contribution is 2.38. The number of aromatic nitrogens is 2. The van der Waals surface area contributed by atoms with Crippen LogP contribution in [0, 0.1) is 11.7 Å². The molecule has 33 heavy (non-hydrogen) atoms. The van der Waals surface area contributed by atoms with Gasteiger partial charge in [-0.1, -0.05) is 35.9 Å². The maximum absolute atomic E-state index is 13.6. The van der Waals surface area contributed by atoms with E-state index in [1.165, 1.54) is 24.5 Å². The SMILES string of the molecule is C=CCC(Nc1nc(Nc2ccc(F)c(Cl)c2)nc2c(C3=CCNCC3)cccc12)C1CC1. The molecule has 5 rings (SSSR count). The lowest BCUT2D eigenvalue weighted by molar-refractivity contribution is 0.628. The van der Waals surface area contributed by atoms with Crippen LogP contribution in [0.1, 0.15) is 31.2 Å². The number of nitrogens with zero attached hydrogens (tertiary/aromatic N) is 2. The van der Waals surface area contributed by atoms with Gasteiger partial charge >= 0.3 is 0 Å². The molecule has 3 N–H and O–H groups in total. The van der Waals surface area contributed by atoms with Gasteiger partial charge in [0.05, 0.1) is 10.5 Å². The first kappa shape index (κ1) is 21.9. The van der Waals surface area contributed by atoms with E-state index in [2.05, 4.69) is 46.8 Å². The van der Waals surface area contributed by atoms with Gasteiger partial charge in [0.15, 0.2) is 0 Å². The fourth-order valence-electron chi connectivity index (χ4n) is 4.37. The first-order chi connectivity index (χ1) is 16.1. The first-order valence-corrected chi connectivity index (χ1v) is 11.8. The molecule has 2 heterocycles. The highest BCUT2D eigenvalue weighted by Gasteiger charge is 2.31. The highest BCUT2D eigenvalue weighted by molar-refractivity contribution is 6.31. The number of fused-ring (bicyclic) bond motifs is 1. The topological polar surface area (TPSA) is 61.9 Å². The molecule has 0 amide bonds. The van der Waals surface area contributed by atoms with Crippen molar-refractivity contribution in [3.8, 4) is 0 Å². The third-order valence-corrected chi connectivity index (χ3v) is 6.54. The van der Waals surface area contributed by atoms with E-state index >= 15 is 0 Å². The van der Waals surface area contributed by atoms with Crippen molar-refractivity contribution in [1.29, 1.82) is 0 Å². The average molecular weight is 464 g/mol. The molecule has 1 aromatic heterocycles. The van der Waals surface area contributed by atoms with Crippen molar-refractivity contribution in [3.63, 3.8) is 0 Å². The minimum absolute atomic E-state index is 0.0551. The summed E-state index contributed by atoms with van der Waals surface area (Å²) in [5.41, 5.74) is 3.93. The molecule has 0 radical (unpaired) electrons. The minimum Gasteiger partial charge on any atom is -0.366 e. The van der Waals surface area contributed by atoms with Gasteiger partial charge in [0.2, 0.25) is 5.95 Å². The minimum atomic E-state index is -0.458. The van der Waals surface area contributed by atoms with Crippen molar-refractivity contribution >= 4 is 45.5 Å². The molecule has 2 aromatic carbocycles. The molecule has 1 saturated carbocycles. The molecular formula is C26H27ClFN5. The van der Waals surface area contributed by atoms with Gasteiger partial charge in [-0.3, -0.25) is 0 Å². The van der Waals surface area contributed by atoms with E-state index in [-0.39, 0.29) is 11.1 Å². The molecule has 3 aromatic rings. The van der Waals surface area contributed by atoms with Gasteiger partial charge in [0.25, 0.3) is 0 Å². The van der Waals surface area contributed by atoms with Crippen molar-refractivity contribution in [2.24, 2.45) is 5.92 Å². The Morgan fingerprint density at radius 2 is 2.12 bits per heavy atom. The summed E-state index contributed by atoms with van der Waals surface area (Å²) < 4.78 is 13.6. The van der Waals surface area contributed by atoms with Gasteiger partial charge in [-0.15, -0.1) is 6.58 Å². The number of hydrogen-bond acceptors (Lipinski definition) is 5. The summed E-state index contributed by atoms with van der Waals surface area (Å²) in [4.78, 5) is 9.72. The lowest BCUT2D eigenvalue weighted by Crippen LogP contribution is -2.22. The molecule has 0 saturated heterocycles. The maximum Gasteiger partial charge on any atom is 0.229 e. The van der Waals surface area contributed by atoms with Crippen LogP contribution in [-0.2, 0) is 0 Å². The molecule has 1 aliphatic carbocycles. The van der Waals surface area contributed by atoms with Crippen molar-refractivity contribution in [2.45, 2.75) is 31.7 Å². The Kier molecular flexibility index (Phi) is 6.29. The van der Waals surface area contributed by atoms with E-state index in [0.717, 1.165) is 48.2 Å². The molecule has 1 atom stereocenters. The summed E-state index contributed by atoms with van der Waals surface area (Å²) in [6, 6.07) is 11.1. The number of benzene rings is 2. The summed E-state index contributed by atoms with van der Waals surface area (Å²) in [7, 11) is 0. The van der Waals surface area contributed by atoms with Gasteiger partial charge in [-0.05, 0) is 68.0 Å². The number of para-hydroxylation sites is 1. The summed E-state index contributed by atoms with van der Waals surface area (Å²) >= 11 is 5.99. The molecule has 1 aliphatic heterocycles. The lowest BCUT2D eigenvalue weighted by Gasteiger charge is -2.21. The highest BCUT2D eigenvalue weighted by atomic mass is 35.5. The molecule has 5 nitrogen and oxygen atoms in total. The van der Waals surface area contributed by atoms with Crippen molar-refractivity contribution in [2.75, 3.05) is 23.7 Å². The summed E-state index contributed by atoms with van der Waals surface area (Å²) in [6.45, 7) is 5.73. The smallest absolute Gasteiger partial charge is 0.229 e. The second-order valence-electron chi connectivity index (χ2n) is 8.65. The van der Waals surface area contributed by atoms with Crippen LogP contribution in [0.4, 0.5) is 21.8 Å². The predicted octanol–water partition coefficient (Wildman–Crippen LogP) is 6.31. The fraction of sp³-hybridized carbons (Fsp3) is 0.308. The number of anilines is 3. The summed E-state index contributed by atoms with van der Waals surface area (Å²) in [6.07, 6.45) is 8.46. The van der Waals surface area contributed by atoms with E-state index in [4.69, 9.17) is 21.6 Å². The lowest BCUT2D eigenvalue weighted by atomic mass is 9.97. The second-order valence-corrected chi connectivity index (χ2v) is 9.05. The molecule has 0 spiro atoms. The van der Waals surface area contributed by atoms with Crippen LogP contribution in [0.25, 0.3) is 16.5 Å². The van der Waals surface area contributed by atoms with Crippen LogP contribution in [0.5, 0.6) is 0 Å². The van der Waals surface area contributed by atoms with Crippen molar-refractivity contribution in [1.82, 2.24) is 15.3 Å². The van der Waals surface area contributed by atoms with Crippen molar-refractivity contribution in [3.05, 3.63) is 71.5 Å². The molecular weight excluding hydrogens is 437 g/mol. The Bertz CT molecular complexity index is 1220. The Morgan fingerprint density at radius 3 is 2.85 bits per heavy atom. The predicted molar refractivity (Wildman–Crippen MR) is 135 cm³/mol. The number of rotatable bonds is 8. The van der Waals surface area contributed by atoms with Crippen LogP contribution >= 0.6 is 11.6 Å².